The van der Waals surface area contributed by atoms with E-state index in [4.69, 9.17) is 15.3 Å². The average Bonchev–Trinajstić information content (AvgIpc) is 2.68. The maximum Gasteiger partial charge on any atom is 0.410 e. The summed E-state index contributed by atoms with van der Waals surface area (Å²) >= 11 is 0. The third-order valence-electron chi connectivity index (χ3n) is 4.14. The van der Waals surface area contributed by atoms with E-state index in [1.807, 2.05) is 0 Å². The molecule has 1 saturated heterocycles. The number of anilines is 1. The van der Waals surface area contributed by atoms with Crippen molar-refractivity contribution in [1.82, 2.24) is 9.62 Å². The van der Waals surface area contributed by atoms with Crippen molar-refractivity contribution in [3.05, 3.63) is 24.3 Å². The zero-order valence-electron chi connectivity index (χ0n) is 17.0. The highest BCUT2D eigenvalue weighted by molar-refractivity contribution is 7.89. The molecular formula is C19H24N6O4S. The Morgan fingerprint density at radius 1 is 1.17 bits per heavy atom. The minimum atomic E-state index is -3.74. The van der Waals surface area contributed by atoms with Gasteiger partial charge in [0.25, 0.3) is 0 Å². The van der Waals surface area contributed by atoms with E-state index in [0.29, 0.717) is 31.6 Å². The van der Waals surface area contributed by atoms with Crippen molar-refractivity contribution in [3.63, 3.8) is 0 Å². The fourth-order valence-corrected chi connectivity index (χ4v) is 4.00. The molecule has 11 heteroatoms. The van der Waals surface area contributed by atoms with E-state index in [9.17, 15) is 13.2 Å². The molecule has 1 aliphatic rings. The van der Waals surface area contributed by atoms with Gasteiger partial charge in [0.2, 0.25) is 15.7 Å². The molecule has 1 aromatic rings. The quantitative estimate of drug-likeness (QED) is 0.535. The number of ether oxygens (including phenoxy) is 1. The van der Waals surface area contributed by atoms with Gasteiger partial charge in [0.05, 0.1) is 10.6 Å². The van der Waals surface area contributed by atoms with Crippen molar-refractivity contribution < 1.29 is 17.9 Å². The lowest BCUT2D eigenvalue weighted by Crippen LogP contribution is -2.47. The van der Waals surface area contributed by atoms with Gasteiger partial charge in [-0.2, -0.15) is 15.6 Å². The number of piperidine rings is 1. The molecule has 0 unspecified atom stereocenters. The number of carbonyl (C=O) groups is 1. The molecule has 1 heterocycles. The lowest BCUT2D eigenvalue weighted by Gasteiger charge is -2.33. The largest absolute Gasteiger partial charge is 0.444 e. The molecule has 2 N–H and O–H groups in total. The van der Waals surface area contributed by atoms with Crippen LogP contribution in [0.4, 0.5) is 10.5 Å². The molecule has 30 heavy (non-hydrogen) atoms. The van der Waals surface area contributed by atoms with Gasteiger partial charge in [-0.05, 0) is 57.9 Å². The van der Waals surface area contributed by atoms with Gasteiger partial charge in [-0.1, -0.05) is 0 Å². The summed E-state index contributed by atoms with van der Waals surface area (Å²) in [6.45, 7) is 6.20. The molecule has 0 spiro atoms. The Morgan fingerprint density at radius 2 is 1.73 bits per heavy atom. The number of hydrogen-bond donors (Lipinski definition) is 2. The summed E-state index contributed by atoms with van der Waals surface area (Å²) in [5.74, 6) is 0. The lowest BCUT2D eigenvalue weighted by molar-refractivity contribution is 0.0203. The van der Waals surface area contributed by atoms with Crippen molar-refractivity contribution in [2.24, 2.45) is 5.10 Å². The van der Waals surface area contributed by atoms with E-state index >= 15 is 0 Å². The van der Waals surface area contributed by atoms with Crippen molar-refractivity contribution in [1.29, 1.82) is 10.5 Å². The van der Waals surface area contributed by atoms with Gasteiger partial charge < -0.3 is 9.64 Å². The van der Waals surface area contributed by atoms with Crippen LogP contribution in [0.2, 0.25) is 0 Å². The number of hydrazone groups is 1. The number of amides is 1. The summed E-state index contributed by atoms with van der Waals surface area (Å²) in [5.41, 5.74) is 2.03. The first-order valence-corrected chi connectivity index (χ1v) is 10.8. The predicted molar refractivity (Wildman–Crippen MR) is 110 cm³/mol. The molecule has 2 rings (SSSR count). The molecule has 10 nitrogen and oxygen atoms in total. The molecule has 1 fully saturated rings. The van der Waals surface area contributed by atoms with Gasteiger partial charge in [0, 0.05) is 19.1 Å². The number of rotatable bonds is 5. The van der Waals surface area contributed by atoms with Crippen molar-refractivity contribution >= 4 is 27.5 Å². The molecule has 0 saturated carbocycles. The van der Waals surface area contributed by atoms with Crippen LogP contribution in [0.15, 0.2) is 34.3 Å². The van der Waals surface area contributed by atoms with Gasteiger partial charge in [-0.3, -0.25) is 5.43 Å². The average molecular weight is 433 g/mol. The third-order valence-corrected chi connectivity index (χ3v) is 5.68. The summed E-state index contributed by atoms with van der Waals surface area (Å²) in [6, 6.07) is 8.70. The Bertz CT molecular complexity index is 960. The topological polar surface area (TPSA) is 148 Å². The molecule has 1 aliphatic heterocycles. The van der Waals surface area contributed by atoms with Gasteiger partial charge in [-0.25, -0.2) is 17.9 Å². The zero-order valence-corrected chi connectivity index (χ0v) is 17.9. The van der Waals surface area contributed by atoms with Gasteiger partial charge >= 0.3 is 6.09 Å². The SMILES string of the molecule is CC(C)(C)OC(=O)N1CCC(NS(=O)(=O)c2ccc(NN=C(C#N)C#N)cc2)CC1. The number of nitriles is 2. The van der Waals surface area contributed by atoms with Gasteiger partial charge in [0.15, 0.2) is 0 Å². The molecule has 0 aliphatic carbocycles. The highest BCUT2D eigenvalue weighted by Crippen LogP contribution is 2.19. The van der Waals surface area contributed by atoms with Crippen molar-refractivity contribution in [2.75, 3.05) is 18.5 Å². The van der Waals surface area contributed by atoms with E-state index in [0.717, 1.165) is 0 Å². The van der Waals surface area contributed by atoms with Crippen LogP contribution in [-0.2, 0) is 14.8 Å². The van der Waals surface area contributed by atoms with Crippen LogP contribution in [-0.4, -0.2) is 49.9 Å². The second-order valence-corrected chi connectivity index (χ2v) is 9.40. The number of hydrogen-bond acceptors (Lipinski definition) is 8. The number of nitrogens with one attached hydrogen (secondary N) is 2. The van der Waals surface area contributed by atoms with E-state index in [1.54, 1.807) is 37.8 Å². The summed E-state index contributed by atoms with van der Waals surface area (Å²) in [6.07, 6.45) is 0.570. The van der Waals surface area contributed by atoms with Crippen LogP contribution in [0.25, 0.3) is 0 Å². The zero-order chi connectivity index (χ0) is 22.4. The van der Waals surface area contributed by atoms with Crippen molar-refractivity contribution in [3.8, 4) is 12.1 Å². The summed E-state index contributed by atoms with van der Waals surface area (Å²) in [7, 11) is -3.74. The third kappa shape index (κ3) is 6.72. The fourth-order valence-electron chi connectivity index (χ4n) is 2.70. The molecule has 1 aromatic carbocycles. The molecule has 0 radical (unpaired) electrons. The first kappa shape index (κ1) is 23.1. The molecule has 0 aromatic heterocycles. The number of carbonyl (C=O) groups excluding carboxylic acids is 1. The highest BCUT2D eigenvalue weighted by atomic mass is 32.2. The van der Waals surface area contributed by atoms with E-state index in [2.05, 4.69) is 15.2 Å². The van der Waals surface area contributed by atoms with E-state index in [-0.39, 0.29) is 16.6 Å². The number of nitrogens with zero attached hydrogens (tertiary/aromatic N) is 4. The molecule has 160 valence electrons. The Hall–Kier alpha value is -3.15. The minimum absolute atomic E-state index is 0.0763. The van der Waals surface area contributed by atoms with Crippen LogP contribution in [0.1, 0.15) is 33.6 Å². The summed E-state index contributed by atoms with van der Waals surface area (Å²) in [5, 5.41) is 20.9. The fraction of sp³-hybridized carbons (Fsp3) is 0.474. The first-order valence-electron chi connectivity index (χ1n) is 9.28. The van der Waals surface area contributed by atoms with Crippen LogP contribution in [0, 0.1) is 22.7 Å². The monoisotopic (exact) mass is 432 g/mol. The van der Waals surface area contributed by atoms with Crippen molar-refractivity contribution in [2.45, 2.75) is 50.2 Å². The highest BCUT2D eigenvalue weighted by Gasteiger charge is 2.29. The predicted octanol–water partition coefficient (Wildman–Crippen LogP) is 2.18. The maximum atomic E-state index is 12.6. The number of likely N-dealkylation sites (tertiary alicyclic amines) is 1. The molecule has 0 bridgehead atoms. The van der Waals surface area contributed by atoms with Gasteiger partial charge in [0.1, 0.15) is 17.7 Å². The summed E-state index contributed by atoms with van der Waals surface area (Å²) < 4.78 is 33.3. The lowest BCUT2D eigenvalue weighted by atomic mass is 10.1. The molecule has 0 atom stereocenters. The van der Waals surface area contributed by atoms with Crippen LogP contribution >= 0.6 is 0 Å². The van der Waals surface area contributed by atoms with Crippen LogP contribution < -0.4 is 10.1 Å². The first-order chi connectivity index (χ1) is 14.0. The van der Waals surface area contributed by atoms with E-state index in [1.165, 1.54) is 24.3 Å². The molecular weight excluding hydrogens is 408 g/mol. The Labute approximate surface area is 176 Å². The van der Waals surface area contributed by atoms with Gasteiger partial charge in [-0.15, -0.1) is 0 Å². The minimum Gasteiger partial charge on any atom is -0.444 e. The Kier molecular flexibility index (Phi) is 7.38. The molecule has 1 amide bonds. The Balaban J connectivity index is 1.93. The smallest absolute Gasteiger partial charge is 0.410 e. The number of benzene rings is 1. The van der Waals surface area contributed by atoms with Crippen LogP contribution in [0.5, 0.6) is 0 Å². The van der Waals surface area contributed by atoms with E-state index < -0.39 is 21.7 Å². The van der Waals surface area contributed by atoms with Crippen LogP contribution in [0.3, 0.4) is 0 Å². The maximum absolute atomic E-state index is 12.6. The second-order valence-electron chi connectivity index (χ2n) is 7.68. The Morgan fingerprint density at radius 3 is 2.23 bits per heavy atom. The number of sulfonamides is 1. The summed E-state index contributed by atoms with van der Waals surface area (Å²) in [4.78, 5) is 13.8. The normalized spacial score (nSPS) is 14.9. The second kappa shape index (κ2) is 9.57. The standard InChI is InChI=1S/C19H24N6O4S/c1-19(2,3)29-18(26)25-10-8-15(9-11-25)24-30(27,28)17-6-4-14(5-7-17)22-23-16(12-20)13-21/h4-7,15,22,24H,8-11H2,1-3H3.